The number of anilines is 1. The van der Waals surface area contributed by atoms with Gasteiger partial charge >= 0.3 is 6.03 Å². The van der Waals surface area contributed by atoms with Crippen molar-refractivity contribution in [3.05, 3.63) is 65.5 Å². The van der Waals surface area contributed by atoms with Crippen LogP contribution in [0.5, 0.6) is 0 Å². The first kappa shape index (κ1) is 21.3. The maximum Gasteiger partial charge on any atom is 0.322 e. The molecule has 0 bridgehead atoms. The maximum atomic E-state index is 13.4. The number of rotatable bonds is 8. The Kier molecular flexibility index (Phi) is 8.02. The fraction of sp³-hybridized carbons (Fsp3) is 0.435. The number of nitrogens with zero attached hydrogens (tertiary/aromatic N) is 1. The molecular formula is C23H29FN2O3. The molecule has 2 amide bonds. The van der Waals surface area contributed by atoms with Crippen LogP contribution in [0.4, 0.5) is 14.9 Å². The normalized spacial score (nSPS) is 16.4. The summed E-state index contributed by atoms with van der Waals surface area (Å²) in [5.41, 5.74) is 2.46. The number of ether oxygens (including phenoxy) is 2. The molecule has 0 aromatic heterocycles. The van der Waals surface area contributed by atoms with Crippen molar-refractivity contribution in [1.29, 1.82) is 0 Å². The van der Waals surface area contributed by atoms with Gasteiger partial charge in [0.05, 0.1) is 19.3 Å². The molecule has 2 aromatic rings. The number of urea groups is 1. The third kappa shape index (κ3) is 6.84. The van der Waals surface area contributed by atoms with Crippen molar-refractivity contribution < 1.29 is 18.7 Å². The van der Waals surface area contributed by atoms with Gasteiger partial charge in [0.2, 0.25) is 0 Å². The molecule has 1 aliphatic rings. The summed E-state index contributed by atoms with van der Waals surface area (Å²) in [5, 5.41) is 2.92. The third-order valence-corrected chi connectivity index (χ3v) is 4.96. The molecule has 1 fully saturated rings. The van der Waals surface area contributed by atoms with E-state index in [-0.39, 0.29) is 18.0 Å². The summed E-state index contributed by atoms with van der Waals surface area (Å²) in [6.07, 6.45) is 3.56. The average molecular weight is 400 g/mol. The van der Waals surface area contributed by atoms with Crippen LogP contribution in [0.3, 0.4) is 0 Å². The van der Waals surface area contributed by atoms with Crippen molar-refractivity contribution in [2.24, 2.45) is 0 Å². The Labute approximate surface area is 171 Å². The molecule has 0 saturated carbocycles. The van der Waals surface area contributed by atoms with Crippen LogP contribution >= 0.6 is 0 Å². The second-order valence-electron chi connectivity index (χ2n) is 7.28. The summed E-state index contributed by atoms with van der Waals surface area (Å²) in [5.74, 6) is -0.301. The number of carbonyl (C=O) groups is 1. The summed E-state index contributed by atoms with van der Waals surface area (Å²) in [6.45, 7) is 4.66. The summed E-state index contributed by atoms with van der Waals surface area (Å²) in [7, 11) is 0. The lowest BCUT2D eigenvalue weighted by Crippen LogP contribution is -2.34. The Bertz CT molecular complexity index is 793. The zero-order valence-electron chi connectivity index (χ0n) is 16.9. The topological polar surface area (TPSA) is 50.8 Å². The second kappa shape index (κ2) is 10.9. The summed E-state index contributed by atoms with van der Waals surface area (Å²) >= 11 is 0. The highest BCUT2D eigenvalue weighted by Gasteiger charge is 2.15. The van der Waals surface area contributed by atoms with E-state index in [4.69, 9.17) is 9.47 Å². The van der Waals surface area contributed by atoms with E-state index in [0.29, 0.717) is 32.0 Å². The molecule has 6 heteroatoms. The Morgan fingerprint density at radius 2 is 2.03 bits per heavy atom. The highest BCUT2D eigenvalue weighted by atomic mass is 19.1. The molecule has 2 aromatic carbocycles. The molecule has 5 nitrogen and oxygen atoms in total. The van der Waals surface area contributed by atoms with Crippen LogP contribution in [0.15, 0.2) is 48.5 Å². The molecule has 1 N–H and O–H groups in total. The van der Waals surface area contributed by atoms with Gasteiger partial charge in [-0.25, -0.2) is 9.18 Å². The van der Waals surface area contributed by atoms with Crippen molar-refractivity contribution >= 4 is 11.7 Å². The second-order valence-corrected chi connectivity index (χ2v) is 7.28. The predicted molar refractivity (Wildman–Crippen MR) is 111 cm³/mol. The Morgan fingerprint density at radius 1 is 1.21 bits per heavy atom. The molecule has 0 aliphatic carbocycles. The van der Waals surface area contributed by atoms with E-state index in [9.17, 15) is 9.18 Å². The van der Waals surface area contributed by atoms with Gasteiger partial charge in [-0.3, -0.25) is 0 Å². The number of nitrogens with one attached hydrogen (secondary N) is 1. The van der Waals surface area contributed by atoms with Crippen molar-refractivity contribution in [3.63, 3.8) is 0 Å². The van der Waals surface area contributed by atoms with Crippen LogP contribution in [-0.4, -0.2) is 36.8 Å². The first-order valence-corrected chi connectivity index (χ1v) is 10.2. The number of amides is 2. The molecule has 156 valence electrons. The fourth-order valence-corrected chi connectivity index (χ4v) is 3.37. The summed E-state index contributed by atoms with van der Waals surface area (Å²) in [4.78, 5) is 14.3. The fourth-order valence-electron chi connectivity index (χ4n) is 3.37. The maximum absolute atomic E-state index is 13.4. The first-order valence-electron chi connectivity index (χ1n) is 10.2. The Hall–Kier alpha value is -2.44. The molecule has 1 heterocycles. The van der Waals surface area contributed by atoms with Crippen LogP contribution < -0.4 is 5.32 Å². The van der Waals surface area contributed by atoms with Gasteiger partial charge in [0.1, 0.15) is 5.82 Å². The summed E-state index contributed by atoms with van der Waals surface area (Å²) in [6, 6.07) is 13.7. The van der Waals surface area contributed by atoms with Gasteiger partial charge in [-0.2, -0.15) is 0 Å². The molecule has 1 atom stereocenters. The Balaban J connectivity index is 1.51. The number of hydrogen-bond donors (Lipinski definition) is 1. The van der Waals surface area contributed by atoms with E-state index >= 15 is 0 Å². The average Bonchev–Trinajstić information content (AvgIpc) is 2.73. The third-order valence-electron chi connectivity index (χ3n) is 4.96. The molecule has 0 radical (unpaired) electrons. The first-order chi connectivity index (χ1) is 14.1. The van der Waals surface area contributed by atoms with E-state index in [1.54, 1.807) is 11.0 Å². The van der Waals surface area contributed by atoms with Crippen LogP contribution in [0.1, 0.15) is 37.3 Å². The lowest BCUT2D eigenvalue weighted by molar-refractivity contribution is -0.0447. The highest BCUT2D eigenvalue weighted by molar-refractivity contribution is 5.89. The van der Waals surface area contributed by atoms with Crippen LogP contribution in [0.2, 0.25) is 0 Å². The zero-order valence-corrected chi connectivity index (χ0v) is 16.9. The highest BCUT2D eigenvalue weighted by Crippen LogP contribution is 2.16. The standard InChI is InChI=1S/C23H29FN2O3/c1-2-26(15-18-7-5-9-20(24)13-18)23(27)25-21-10-6-8-19(14-21)16-28-17-22-11-3-4-12-29-22/h5-10,13-14,22H,2-4,11-12,15-17H2,1H3,(H,25,27). The minimum Gasteiger partial charge on any atom is -0.376 e. The number of hydrogen-bond acceptors (Lipinski definition) is 3. The van der Waals surface area contributed by atoms with Gasteiger partial charge in [0.25, 0.3) is 0 Å². The van der Waals surface area contributed by atoms with Gasteiger partial charge in [0, 0.05) is 25.4 Å². The van der Waals surface area contributed by atoms with E-state index < -0.39 is 0 Å². The smallest absolute Gasteiger partial charge is 0.322 e. The molecule has 3 rings (SSSR count). The van der Waals surface area contributed by atoms with Crippen molar-refractivity contribution in [2.75, 3.05) is 25.1 Å². The monoisotopic (exact) mass is 400 g/mol. The lowest BCUT2D eigenvalue weighted by atomic mass is 10.1. The molecule has 0 spiro atoms. The molecule has 1 aliphatic heterocycles. The molecule has 29 heavy (non-hydrogen) atoms. The zero-order chi connectivity index (χ0) is 20.5. The van der Waals surface area contributed by atoms with E-state index in [1.165, 1.54) is 18.6 Å². The van der Waals surface area contributed by atoms with Crippen molar-refractivity contribution in [3.8, 4) is 0 Å². The molecule has 1 unspecified atom stereocenters. The van der Waals surface area contributed by atoms with Gasteiger partial charge < -0.3 is 19.7 Å². The van der Waals surface area contributed by atoms with Gasteiger partial charge in [-0.1, -0.05) is 24.3 Å². The van der Waals surface area contributed by atoms with Gasteiger partial charge in [-0.15, -0.1) is 0 Å². The van der Waals surface area contributed by atoms with Gasteiger partial charge in [0.15, 0.2) is 0 Å². The van der Waals surface area contributed by atoms with E-state index in [2.05, 4.69) is 5.32 Å². The minimum absolute atomic E-state index is 0.188. The summed E-state index contributed by atoms with van der Waals surface area (Å²) < 4.78 is 24.9. The number of benzene rings is 2. The van der Waals surface area contributed by atoms with Crippen molar-refractivity contribution in [1.82, 2.24) is 4.90 Å². The Morgan fingerprint density at radius 3 is 2.79 bits per heavy atom. The molecular weight excluding hydrogens is 371 g/mol. The quantitative estimate of drug-likeness (QED) is 0.681. The van der Waals surface area contributed by atoms with Crippen LogP contribution in [0.25, 0.3) is 0 Å². The lowest BCUT2D eigenvalue weighted by Gasteiger charge is -2.22. The largest absolute Gasteiger partial charge is 0.376 e. The number of halogens is 1. The molecule has 1 saturated heterocycles. The van der Waals surface area contributed by atoms with Crippen LogP contribution in [0, 0.1) is 5.82 Å². The minimum atomic E-state index is -0.301. The van der Waals surface area contributed by atoms with E-state index in [1.807, 2.05) is 37.3 Å². The van der Waals surface area contributed by atoms with Gasteiger partial charge in [-0.05, 0) is 61.6 Å². The SMILES string of the molecule is CCN(Cc1cccc(F)c1)C(=O)Nc1cccc(COCC2CCCCO2)c1. The number of carbonyl (C=O) groups excluding carboxylic acids is 1. The van der Waals surface area contributed by atoms with Crippen LogP contribution in [-0.2, 0) is 22.6 Å². The van der Waals surface area contributed by atoms with E-state index in [0.717, 1.165) is 30.6 Å². The predicted octanol–water partition coefficient (Wildman–Crippen LogP) is 4.97. The van der Waals surface area contributed by atoms with Crippen molar-refractivity contribution in [2.45, 2.75) is 45.4 Å².